The Morgan fingerprint density at radius 1 is 1.06 bits per heavy atom. The van der Waals surface area contributed by atoms with Crippen LogP contribution in [-0.2, 0) is 21.0 Å². The maximum atomic E-state index is 13.0. The summed E-state index contributed by atoms with van der Waals surface area (Å²) in [6.07, 6.45) is -3.71. The first kappa shape index (κ1) is 24.2. The molecule has 14 heteroatoms. The van der Waals surface area contributed by atoms with Gasteiger partial charge in [-0.1, -0.05) is 11.6 Å². The number of hydrogen-bond donors (Lipinski definition) is 2. The highest BCUT2D eigenvalue weighted by atomic mass is 35.5. The number of halogens is 4. The van der Waals surface area contributed by atoms with Crippen LogP contribution < -0.4 is 14.9 Å². The van der Waals surface area contributed by atoms with Crippen LogP contribution in [0.25, 0.3) is 0 Å². The molecule has 0 aliphatic carbocycles. The van der Waals surface area contributed by atoms with Gasteiger partial charge in [-0.25, -0.2) is 23.9 Å². The van der Waals surface area contributed by atoms with E-state index in [9.17, 15) is 26.4 Å². The number of carbonyl (C=O) groups is 1. The van der Waals surface area contributed by atoms with Gasteiger partial charge in [-0.2, -0.15) is 13.2 Å². The average Bonchev–Trinajstić information content (AvgIpc) is 2.74. The Bertz CT molecular complexity index is 1270. The third kappa shape index (κ3) is 6.09. The molecule has 0 saturated heterocycles. The van der Waals surface area contributed by atoms with E-state index in [1.807, 2.05) is 0 Å². The van der Waals surface area contributed by atoms with Crippen LogP contribution >= 0.6 is 11.6 Å². The summed E-state index contributed by atoms with van der Waals surface area (Å²) in [6, 6.07) is 8.96. The van der Waals surface area contributed by atoms with Crippen LogP contribution in [0.4, 0.5) is 18.9 Å². The number of sulfonamides is 1. The summed E-state index contributed by atoms with van der Waals surface area (Å²) >= 11 is 5.53. The Labute approximate surface area is 190 Å². The van der Waals surface area contributed by atoms with Crippen molar-refractivity contribution < 1.29 is 36.0 Å². The van der Waals surface area contributed by atoms with E-state index in [0.29, 0.717) is 6.07 Å². The number of benzene rings is 2. The lowest BCUT2D eigenvalue weighted by Crippen LogP contribution is -2.22. The van der Waals surface area contributed by atoms with Gasteiger partial charge in [-0.05, 0) is 42.5 Å². The van der Waals surface area contributed by atoms with Crippen molar-refractivity contribution in [3.8, 4) is 11.6 Å². The van der Waals surface area contributed by atoms with Crippen LogP contribution in [0.3, 0.4) is 0 Å². The molecule has 0 radical (unpaired) electrons. The number of nitrogens with zero attached hydrogens (tertiary/aromatic N) is 2. The first-order valence-corrected chi connectivity index (χ1v) is 10.7. The fourth-order valence-corrected chi connectivity index (χ4v) is 3.79. The summed E-state index contributed by atoms with van der Waals surface area (Å²) in [7, 11) is -3.07. The van der Waals surface area contributed by atoms with Gasteiger partial charge in [0.2, 0.25) is 5.88 Å². The molecular formula is C19H14ClF3N4O5S. The zero-order valence-corrected chi connectivity index (χ0v) is 18.1. The van der Waals surface area contributed by atoms with Crippen LogP contribution in [0, 0.1) is 0 Å². The SMILES string of the molecule is CONC(=O)c1cc(Oc2ccc(NS(=O)(=O)c3ccc(Cl)c(C(F)(F)F)c3)cc2)ncn1. The standard InChI is InChI=1S/C19H14ClF3N4O5S/c1-31-26-18(28)16-9-17(25-10-24-16)32-12-4-2-11(3-5-12)27-33(29,30)13-6-7-15(20)14(8-13)19(21,22)23/h2-10,27H,1H3,(H,26,28). The van der Waals surface area contributed by atoms with Crippen molar-refractivity contribution >= 4 is 33.2 Å². The molecule has 9 nitrogen and oxygen atoms in total. The van der Waals surface area contributed by atoms with Crippen molar-refractivity contribution in [1.29, 1.82) is 0 Å². The van der Waals surface area contributed by atoms with Gasteiger partial charge in [0.1, 0.15) is 17.8 Å². The van der Waals surface area contributed by atoms with Crippen molar-refractivity contribution in [3.63, 3.8) is 0 Å². The topological polar surface area (TPSA) is 120 Å². The molecule has 2 aromatic carbocycles. The van der Waals surface area contributed by atoms with E-state index in [1.165, 1.54) is 37.4 Å². The molecule has 0 saturated carbocycles. The molecule has 0 aliphatic heterocycles. The number of amides is 1. The zero-order valence-electron chi connectivity index (χ0n) is 16.6. The summed E-state index contributed by atoms with van der Waals surface area (Å²) in [5.74, 6) is -0.355. The third-order valence-corrected chi connectivity index (χ3v) is 5.66. The molecular weight excluding hydrogens is 489 g/mol. The van der Waals surface area contributed by atoms with Gasteiger partial charge in [0.05, 0.1) is 22.6 Å². The predicted molar refractivity (Wildman–Crippen MR) is 110 cm³/mol. The number of hydroxylamine groups is 1. The molecule has 1 heterocycles. The highest BCUT2D eigenvalue weighted by molar-refractivity contribution is 7.92. The molecule has 2 N–H and O–H groups in total. The fourth-order valence-electron chi connectivity index (χ4n) is 2.48. The molecule has 0 fully saturated rings. The van der Waals surface area contributed by atoms with E-state index >= 15 is 0 Å². The highest BCUT2D eigenvalue weighted by Gasteiger charge is 2.34. The van der Waals surface area contributed by atoms with Crippen LogP contribution in [0.2, 0.25) is 5.02 Å². The summed E-state index contributed by atoms with van der Waals surface area (Å²) in [4.78, 5) is 23.3. The number of alkyl halides is 3. The largest absolute Gasteiger partial charge is 0.439 e. The lowest BCUT2D eigenvalue weighted by Gasteiger charge is -2.13. The molecule has 1 amide bonds. The molecule has 33 heavy (non-hydrogen) atoms. The van der Waals surface area contributed by atoms with Crippen LogP contribution in [-0.4, -0.2) is 31.4 Å². The summed E-state index contributed by atoms with van der Waals surface area (Å²) in [5, 5.41) is -0.615. The number of nitrogens with one attached hydrogen (secondary N) is 2. The summed E-state index contributed by atoms with van der Waals surface area (Å²) in [6.45, 7) is 0. The van der Waals surface area contributed by atoms with Crippen LogP contribution in [0.1, 0.15) is 16.1 Å². The van der Waals surface area contributed by atoms with E-state index in [2.05, 4.69) is 25.0 Å². The molecule has 3 aromatic rings. The summed E-state index contributed by atoms with van der Waals surface area (Å²) < 4.78 is 71.8. The van der Waals surface area contributed by atoms with Gasteiger partial charge in [-0.3, -0.25) is 14.4 Å². The van der Waals surface area contributed by atoms with Crippen molar-refractivity contribution in [3.05, 3.63) is 71.1 Å². The quantitative estimate of drug-likeness (QED) is 0.468. The Morgan fingerprint density at radius 2 is 1.76 bits per heavy atom. The second kappa shape index (κ2) is 9.60. The minimum atomic E-state index is -4.81. The molecule has 0 bridgehead atoms. The van der Waals surface area contributed by atoms with Gasteiger partial charge in [0.25, 0.3) is 15.9 Å². The van der Waals surface area contributed by atoms with Crippen LogP contribution in [0.15, 0.2) is 59.8 Å². The smallest absolute Gasteiger partial charge is 0.417 e. The Balaban J connectivity index is 1.75. The van der Waals surface area contributed by atoms with E-state index in [1.54, 1.807) is 0 Å². The van der Waals surface area contributed by atoms with Gasteiger partial charge >= 0.3 is 6.18 Å². The van der Waals surface area contributed by atoms with E-state index in [-0.39, 0.29) is 23.0 Å². The number of ether oxygens (including phenoxy) is 1. The number of carbonyl (C=O) groups excluding carboxylic acids is 1. The number of hydrogen-bond acceptors (Lipinski definition) is 7. The predicted octanol–water partition coefficient (Wildman–Crippen LogP) is 4.03. The van der Waals surface area contributed by atoms with Crippen molar-refractivity contribution in [1.82, 2.24) is 15.4 Å². The van der Waals surface area contributed by atoms with Crippen molar-refractivity contribution in [2.45, 2.75) is 11.1 Å². The second-order valence-electron chi connectivity index (χ2n) is 6.25. The Hall–Kier alpha value is -3.42. The van der Waals surface area contributed by atoms with E-state index in [0.717, 1.165) is 18.5 Å². The minimum Gasteiger partial charge on any atom is -0.439 e. The lowest BCUT2D eigenvalue weighted by atomic mass is 10.2. The summed E-state index contributed by atoms with van der Waals surface area (Å²) in [5.41, 5.74) is 0.869. The van der Waals surface area contributed by atoms with Gasteiger partial charge in [0, 0.05) is 11.8 Å². The fraction of sp³-hybridized carbons (Fsp3) is 0.105. The third-order valence-electron chi connectivity index (χ3n) is 3.95. The zero-order chi connectivity index (χ0) is 24.2. The Kier molecular flexibility index (Phi) is 7.05. The van der Waals surface area contributed by atoms with Gasteiger partial charge < -0.3 is 4.74 Å². The van der Waals surface area contributed by atoms with Gasteiger partial charge in [0.15, 0.2) is 0 Å². The molecule has 0 aliphatic rings. The first-order chi connectivity index (χ1) is 15.5. The molecule has 3 rings (SSSR count). The Morgan fingerprint density at radius 3 is 2.39 bits per heavy atom. The van der Waals surface area contributed by atoms with Crippen molar-refractivity contribution in [2.24, 2.45) is 0 Å². The normalized spacial score (nSPS) is 11.7. The molecule has 0 atom stereocenters. The first-order valence-electron chi connectivity index (χ1n) is 8.82. The van der Waals surface area contributed by atoms with E-state index in [4.69, 9.17) is 16.3 Å². The van der Waals surface area contributed by atoms with Gasteiger partial charge in [-0.15, -0.1) is 0 Å². The maximum Gasteiger partial charge on any atom is 0.417 e. The number of aromatic nitrogens is 2. The van der Waals surface area contributed by atoms with Crippen LogP contribution in [0.5, 0.6) is 11.6 Å². The lowest BCUT2D eigenvalue weighted by molar-refractivity contribution is -0.137. The molecule has 1 aromatic heterocycles. The second-order valence-corrected chi connectivity index (χ2v) is 8.34. The molecule has 174 valence electrons. The number of anilines is 1. The maximum absolute atomic E-state index is 13.0. The van der Waals surface area contributed by atoms with Crippen molar-refractivity contribution in [2.75, 3.05) is 11.8 Å². The number of rotatable bonds is 7. The monoisotopic (exact) mass is 502 g/mol. The van der Waals surface area contributed by atoms with E-state index < -0.39 is 37.6 Å². The minimum absolute atomic E-state index is 0.0209. The molecule has 0 unspecified atom stereocenters. The average molecular weight is 503 g/mol. The molecule has 0 spiro atoms. The highest BCUT2D eigenvalue weighted by Crippen LogP contribution is 2.36.